The van der Waals surface area contributed by atoms with Crippen LogP contribution in [0.15, 0.2) is 84.3 Å². The van der Waals surface area contributed by atoms with Crippen molar-refractivity contribution in [1.29, 1.82) is 0 Å². The summed E-state index contributed by atoms with van der Waals surface area (Å²) in [5, 5.41) is 9.35. The molecule has 0 fully saturated rings. The molecule has 1 aliphatic heterocycles. The Morgan fingerprint density at radius 3 is 2.66 bits per heavy atom. The van der Waals surface area contributed by atoms with Crippen molar-refractivity contribution in [2.45, 2.75) is 30.3 Å². The largest absolute Gasteiger partial charge is 0.311 e. The van der Waals surface area contributed by atoms with E-state index in [0.29, 0.717) is 6.54 Å². The highest BCUT2D eigenvalue weighted by atomic mass is 32.2. The summed E-state index contributed by atoms with van der Waals surface area (Å²) in [5.41, 5.74) is 4.29. The molecule has 2 aromatic carbocycles. The van der Waals surface area contributed by atoms with Crippen molar-refractivity contribution >= 4 is 23.4 Å². The molecule has 1 amide bonds. The van der Waals surface area contributed by atoms with E-state index in [1.54, 1.807) is 12.4 Å². The fraction of sp³-hybridized carbons (Fsp3) is 0.200. The second-order valence-corrected chi connectivity index (χ2v) is 9.06. The van der Waals surface area contributed by atoms with Gasteiger partial charge in [0.2, 0.25) is 5.91 Å². The number of fused-ring (bicyclic) bond motifs is 1. The average molecular weight is 442 g/mol. The fourth-order valence-corrected chi connectivity index (χ4v) is 4.90. The molecule has 0 unspecified atom stereocenters. The highest BCUT2D eigenvalue weighted by Crippen LogP contribution is 2.32. The zero-order valence-electron chi connectivity index (χ0n) is 17.8. The maximum atomic E-state index is 13.3. The molecule has 5 rings (SSSR count). The van der Waals surface area contributed by atoms with Crippen molar-refractivity contribution in [3.63, 3.8) is 0 Å². The van der Waals surface area contributed by atoms with Crippen molar-refractivity contribution < 1.29 is 4.79 Å². The van der Waals surface area contributed by atoms with Gasteiger partial charge >= 0.3 is 0 Å². The molecular formula is C25H23N5OS. The van der Waals surface area contributed by atoms with Crippen LogP contribution in [0.25, 0.3) is 11.4 Å². The van der Waals surface area contributed by atoms with E-state index in [9.17, 15) is 4.79 Å². The number of benzene rings is 2. The molecule has 0 N–H and O–H groups in total. The van der Waals surface area contributed by atoms with E-state index in [1.807, 2.05) is 60.4 Å². The summed E-state index contributed by atoms with van der Waals surface area (Å²) in [6.07, 6.45) is 4.43. The Balaban J connectivity index is 1.43. The van der Waals surface area contributed by atoms with Gasteiger partial charge in [-0.05, 0) is 42.7 Å². The zero-order valence-corrected chi connectivity index (χ0v) is 18.6. The van der Waals surface area contributed by atoms with E-state index < -0.39 is 0 Å². The number of amides is 1. The summed E-state index contributed by atoms with van der Waals surface area (Å²) in [5.74, 6) is 0.841. The quantitative estimate of drug-likeness (QED) is 0.414. The second-order valence-electron chi connectivity index (χ2n) is 7.75. The summed E-state index contributed by atoms with van der Waals surface area (Å²) < 4.78 is 2.07. The molecule has 7 heteroatoms. The molecule has 0 radical (unpaired) electrons. The molecule has 0 saturated carbocycles. The minimum absolute atomic E-state index is 0.0946. The smallest absolute Gasteiger partial charge is 0.240 e. The van der Waals surface area contributed by atoms with Crippen molar-refractivity contribution in [2.75, 3.05) is 11.4 Å². The van der Waals surface area contributed by atoms with Crippen LogP contribution in [0, 0.1) is 0 Å². The minimum Gasteiger partial charge on any atom is -0.311 e. The second kappa shape index (κ2) is 8.96. The van der Waals surface area contributed by atoms with E-state index in [0.717, 1.165) is 40.8 Å². The lowest BCUT2D eigenvalue weighted by molar-refractivity contribution is -0.117. The van der Waals surface area contributed by atoms with Gasteiger partial charge in [-0.3, -0.25) is 14.3 Å². The molecule has 4 aromatic rings. The van der Waals surface area contributed by atoms with Crippen LogP contribution in [0.2, 0.25) is 0 Å². The lowest BCUT2D eigenvalue weighted by atomic mass is 10.2. The maximum Gasteiger partial charge on any atom is 0.240 e. The summed E-state index contributed by atoms with van der Waals surface area (Å²) in [4.78, 5) is 19.4. The van der Waals surface area contributed by atoms with Crippen molar-refractivity contribution in [3.8, 4) is 11.4 Å². The van der Waals surface area contributed by atoms with Gasteiger partial charge in [0, 0.05) is 30.2 Å². The molecule has 32 heavy (non-hydrogen) atoms. The number of carbonyl (C=O) groups is 1. The minimum atomic E-state index is -0.290. The number of para-hydroxylation sites is 1. The molecule has 160 valence electrons. The summed E-state index contributed by atoms with van der Waals surface area (Å²) in [6.45, 7) is 3.29. The fourth-order valence-electron chi connectivity index (χ4n) is 3.99. The molecule has 0 bridgehead atoms. The van der Waals surface area contributed by atoms with E-state index in [-0.39, 0.29) is 11.2 Å². The molecule has 6 nitrogen and oxygen atoms in total. The van der Waals surface area contributed by atoms with Crippen LogP contribution in [0.1, 0.15) is 18.1 Å². The zero-order chi connectivity index (χ0) is 21.9. The van der Waals surface area contributed by atoms with Crippen molar-refractivity contribution in [3.05, 3.63) is 90.3 Å². The Morgan fingerprint density at radius 1 is 1.03 bits per heavy atom. The van der Waals surface area contributed by atoms with Crippen LogP contribution >= 0.6 is 11.8 Å². The number of hydrogen-bond acceptors (Lipinski definition) is 5. The van der Waals surface area contributed by atoms with Crippen LogP contribution < -0.4 is 4.90 Å². The Bertz CT molecular complexity index is 1230. The van der Waals surface area contributed by atoms with Crippen LogP contribution in [-0.4, -0.2) is 37.5 Å². The van der Waals surface area contributed by atoms with Crippen LogP contribution in [-0.2, 0) is 17.8 Å². The van der Waals surface area contributed by atoms with E-state index in [1.165, 1.54) is 17.3 Å². The SMILES string of the molecule is C[C@H](Sc1nnc(-c2cccnc2)n1Cc1ccccc1)C(=O)N1CCc2ccccc21. The van der Waals surface area contributed by atoms with Gasteiger partial charge in [-0.2, -0.15) is 0 Å². The predicted molar refractivity (Wildman–Crippen MR) is 127 cm³/mol. The first kappa shape index (κ1) is 20.5. The van der Waals surface area contributed by atoms with Gasteiger partial charge in [-0.25, -0.2) is 0 Å². The number of aromatic nitrogens is 4. The number of rotatable bonds is 6. The Morgan fingerprint density at radius 2 is 1.84 bits per heavy atom. The van der Waals surface area contributed by atoms with Gasteiger partial charge in [-0.15, -0.1) is 10.2 Å². The molecule has 0 spiro atoms. The van der Waals surface area contributed by atoms with Crippen LogP contribution in [0.4, 0.5) is 5.69 Å². The normalized spacial score (nSPS) is 13.7. The molecule has 3 heterocycles. The average Bonchev–Trinajstić information content (AvgIpc) is 3.44. The number of carbonyl (C=O) groups excluding carboxylic acids is 1. The van der Waals surface area contributed by atoms with Gasteiger partial charge in [0.25, 0.3) is 0 Å². The van der Waals surface area contributed by atoms with Crippen molar-refractivity contribution in [1.82, 2.24) is 19.7 Å². The Kier molecular flexibility index (Phi) is 5.73. The topological polar surface area (TPSA) is 63.9 Å². The molecule has 1 aliphatic rings. The van der Waals surface area contributed by atoms with E-state index in [4.69, 9.17) is 0 Å². The standard InChI is InChI=1S/C25H23N5OS/c1-18(24(31)29-15-13-20-10-5-6-12-22(20)29)32-25-28-27-23(21-11-7-14-26-16-21)30(25)17-19-8-3-2-4-9-19/h2-12,14,16,18H,13,15,17H2,1H3/t18-/m0/s1. The molecular weight excluding hydrogens is 418 g/mol. The monoisotopic (exact) mass is 441 g/mol. The molecule has 0 aliphatic carbocycles. The third kappa shape index (κ3) is 4.03. The summed E-state index contributed by atoms with van der Waals surface area (Å²) in [7, 11) is 0. The van der Waals surface area contributed by atoms with Gasteiger partial charge in [0.15, 0.2) is 11.0 Å². The first-order valence-electron chi connectivity index (χ1n) is 10.6. The van der Waals surface area contributed by atoms with E-state index in [2.05, 4.69) is 37.9 Å². The highest BCUT2D eigenvalue weighted by Gasteiger charge is 2.29. The van der Waals surface area contributed by atoms with Gasteiger partial charge in [0.05, 0.1) is 11.8 Å². The summed E-state index contributed by atoms with van der Waals surface area (Å²) >= 11 is 1.45. The number of nitrogens with zero attached hydrogens (tertiary/aromatic N) is 5. The van der Waals surface area contributed by atoms with Gasteiger partial charge in [0.1, 0.15) is 0 Å². The lowest BCUT2D eigenvalue weighted by Gasteiger charge is -2.21. The first-order valence-corrected chi connectivity index (χ1v) is 11.5. The van der Waals surface area contributed by atoms with Gasteiger partial charge in [-0.1, -0.05) is 60.3 Å². The van der Waals surface area contributed by atoms with Crippen LogP contribution in [0.3, 0.4) is 0 Å². The Labute approximate surface area is 191 Å². The Hall–Kier alpha value is -3.45. The number of pyridine rings is 1. The third-order valence-electron chi connectivity index (χ3n) is 5.60. The predicted octanol–water partition coefficient (Wildman–Crippen LogP) is 4.46. The first-order chi connectivity index (χ1) is 15.7. The van der Waals surface area contributed by atoms with Crippen LogP contribution in [0.5, 0.6) is 0 Å². The van der Waals surface area contributed by atoms with E-state index >= 15 is 0 Å². The van der Waals surface area contributed by atoms with Gasteiger partial charge < -0.3 is 4.90 Å². The maximum absolute atomic E-state index is 13.3. The molecule has 1 atom stereocenters. The highest BCUT2D eigenvalue weighted by molar-refractivity contribution is 8.00. The molecule has 2 aromatic heterocycles. The number of hydrogen-bond donors (Lipinski definition) is 0. The lowest BCUT2D eigenvalue weighted by Crippen LogP contribution is -2.35. The van der Waals surface area contributed by atoms with Crippen molar-refractivity contribution in [2.24, 2.45) is 0 Å². The number of thioether (sulfide) groups is 1. The molecule has 0 saturated heterocycles. The third-order valence-corrected chi connectivity index (χ3v) is 6.67. The summed E-state index contributed by atoms with van der Waals surface area (Å²) in [6, 6.07) is 22.2. The number of anilines is 1.